The Bertz CT molecular complexity index is 1110. The number of nitrogens with zero attached hydrogens (tertiary/aromatic N) is 2. The summed E-state index contributed by atoms with van der Waals surface area (Å²) in [6.07, 6.45) is 2.75. The summed E-state index contributed by atoms with van der Waals surface area (Å²) < 4.78 is 30.7. The predicted octanol–water partition coefficient (Wildman–Crippen LogP) is 4.55. The molecule has 1 atom stereocenters. The van der Waals surface area contributed by atoms with Crippen molar-refractivity contribution < 1.29 is 28.3 Å². The Morgan fingerprint density at radius 2 is 1.85 bits per heavy atom. The van der Waals surface area contributed by atoms with E-state index < -0.39 is 24.4 Å². The molecule has 0 radical (unpaired) electrons. The van der Waals surface area contributed by atoms with Crippen LogP contribution in [-0.2, 0) is 36.8 Å². The van der Waals surface area contributed by atoms with Gasteiger partial charge in [0.15, 0.2) is 0 Å². The number of carbonyl (C=O) groups is 1. The number of piperidine rings is 1. The van der Waals surface area contributed by atoms with Gasteiger partial charge in [0.1, 0.15) is 10.8 Å². The average Bonchev–Trinajstić information content (AvgIpc) is 2.98. The molecule has 2 aromatic rings. The van der Waals surface area contributed by atoms with Crippen LogP contribution in [0.2, 0.25) is 5.02 Å². The lowest BCUT2D eigenvalue weighted by molar-refractivity contribution is -0.0157. The van der Waals surface area contributed by atoms with Crippen molar-refractivity contribution in [3.05, 3.63) is 63.9 Å². The summed E-state index contributed by atoms with van der Waals surface area (Å²) >= 11 is 6.32. The van der Waals surface area contributed by atoms with E-state index in [0.717, 1.165) is 11.1 Å². The quantitative estimate of drug-likeness (QED) is 0.592. The molecule has 2 aliphatic rings. The fourth-order valence-corrected chi connectivity index (χ4v) is 7.90. The zero-order chi connectivity index (χ0) is 24.6. The van der Waals surface area contributed by atoms with Crippen molar-refractivity contribution in [2.24, 2.45) is 0 Å². The molecule has 1 aromatic carbocycles. The molecule has 10 heteroatoms. The predicted molar refractivity (Wildman–Crippen MR) is 128 cm³/mol. The summed E-state index contributed by atoms with van der Waals surface area (Å²) in [4.78, 5) is 18.6. The summed E-state index contributed by atoms with van der Waals surface area (Å²) in [5.41, 5.74) is 0.882. The van der Waals surface area contributed by atoms with E-state index >= 15 is 0 Å². The second-order valence-electron chi connectivity index (χ2n) is 8.60. The van der Waals surface area contributed by atoms with Gasteiger partial charge in [0.2, 0.25) is 0 Å². The van der Waals surface area contributed by atoms with Crippen LogP contribution in [-0.4, -0.2) is 60.2 Å². The van der Waals surface area contributed by atoms with Crippen LogP contribution in [0.4, 0.5) is 4.79 Å². The maximum Gasteiger partial charge on any atom is 0.409 e. The molecule has 1 aromatic heterocycles. The molecule has 2 heterocycles. The van der Waals surface area contributed by atoms with Gasteiger partial charge < -0.3 is 23.8 Å². The smallest absolute Gasteiger partial charge is 0.409 e. The number of carbonyl (C=O) groups excluding carboxylic acids is 1. The normalized spacial score (nSPS) is 21.9. The fraction of sp³-hybridized carbons (Fsp3) is 0.500. The van der Waals surface area contributed by atoms with Crippen LogP contribution in [0.15, 0.2) is 36.5 Å². The van der Waals surface area contributed by atoms with Gasteiger partial charge in [-0.3, -0.25) is 9.55 Å². The van der Waals surface area contributed by atoms with Crippen molar-refractivity contribution in [1.29, 1.82) is 0 Å². The van der Waals surface area contributed by atoms with Crippen LogP contribution >= 0.6 is 19.2 Å². The fourth-order valence-electron chi connectivity index (χ4n) is 5.49. The Morgan fingerprint density at radius 3 is 2.50 bits per heavy atom. The van der Waals surface area contributed by atoms with E-state index in [1.165, 1.54) is 14.2 Å². The van der Waals surface area contributed by atoms with Crippen LogP contribution in [0.3, 0.4) is 0 Å². The van der Waals surface area contributed by atoms with Crippen LogP contribution in [0, 0.1) is 0 Å². The van der Waals surface area contributed by atoms with E-state index in [0.29, 0.717) is 29.1 Å². The molecule has 0 spiro atoms. The van der Waals surface area contributed by atoms with Crippen LogP contribution in [0.5, 0.6) is 0 Å². The van der Waals surface area contributed by atoms with Gasteiger partial charge in [-0.25, -0.2) is 4.79 Å². The number of halogens is 1. The van der Waals surface area contributed by atoms with Crippen LogP contribution in [0.25, 0.3) is 0 Å². The highest BCUT2D eigenvalue weighted by Crippen LogP contribution is 2.70. The molecule has 1 aliphatic carbocycles. The number of amides is 1. The van der Waals surface area contributed by atoms with E-state index in [-0.39, 0.29) is 32.5 Å². The van der Waals surface area contributed by atoms with Gasteiger partial charge in [0.05, 0.1) is 12.3 Å². The third-order valence-electron chi connectivity index (χ3n) is 7.15. The molecule has 1 N–H and O–H groups in total. The van der Waals surface area contributed by atoms with E-state index in [4.69, 9.17) is 25.4 Å². The van der Waals surface area contributed by atoms with Crippen LogP contribution in [0.1, 0.15) is 42.1 Å². The number of aryl methyl sites for hydroxylation is 2. The first-order chi connectivity index (χ1) is 16.3. The third-order valence-corrected chi connectivity index (χ3v) is 10.2. The molecular weight excluding hydrogens is 479 g/mol. The summed E-state index contributed by atoms with van der Waals surface area (Å²) in [6.45, 7) is 2.42. The first-order valence-electron chi connectivity index (χ1n) is 11.3. The zero-order valence-electron chi connectivity index (χ0n) is 19.6. The number of pyridine rings is 1. The molecule has 0 saturated carbocycles. The van der Waals surface area contributed by atoms with E-state index in [1.807, 2.05) is 18.2 Å². The number of fused-ring (bicyclic) bond motifs is 2. The number of rotatable bonds is 5. The molecule has 1 unspecified atom stereocenters. The Hall–Kier alpha value is -1.96. The molecule has 34 heavy (non-hydrogen) atoms. The maximum atomic E-state index is 14.3. The van der Waals surface area contributed by atoms with E-state index in [9.17, 15) is 14.5 Å². The van der Waals surface area contributed by atoms with Gasteiger partial charge in [-0.15, -0.1) is 0 Å². The number of aliphatic hydroxyl groups is 1. The largest absolute Gasteiger partial charge is 0.450 e. The average molecular weight is 509 g/mol. The molecule has 0 bridgehead atoms. The van der Waals surface area contributed by atoms with E-state index in [2.05, 4.69) is 4.98 Å². The van der Waals surface area contributed by atoms with Gasteiger partial charge in [-0.1, -0.05) is 23.7 Å². The van der Waals surface area contributed by atoms with Crippen molar-refractivity contribution >= 4 is 25.3 Å². The molecule has 1 aliphatic heterocycles. The molecule has 4 rings (SSSR count). The van der Waals surface area contributed by atoms with E-state index in [1.54, 1.807) is 30.2 Å². The van der Waals surface area contributed by atoms with Gasteiger partial charge in [0, 0.05) is 38.5 Å². The highest BCUT2D eigenvalue weighted by Gasteiger charge is 2.67. The van der Waals surface area contributed by atoms with Gasteiger partial charge in [0.25, 0.3) is 0 Å². The minimum atomic E-state index is -3.94. The number of hydrogen-bond donors (Lipinski definition) is 1. The molecule has 1 fully saturated rings. The monoisotopic (exact) mass is 508 g/mol. The number of benzene rings is 1. The Labute approximate surface area is 204 Å². The highest BCUT2D eigenvalue weighted by atomic mass is 35.5. The first kappa shape index (κ1) is 25.1. The summed E-state index contributed by atoms with van der Waals surface area (Å²) in [5.74, 6) is 0. The van der Waals surface area contributed by atoms with Gasteiger partial charge in [-0.05, 0) is 67.5 Å². The number of ether oxygens (including phenoxy) is 1. The summed E-state index contributed by atoms with van der Waals surface area (Å²) in [6, 6.07) is 9.07. The Morgan fingerprint density at radius 1 is 1.18 bits per heavy atom. The lowest BCUT2D eigenvalue weighted by Crippen LogP contribution is -2.59. The Balaban J connectivity index is 1.97. The second-order valence-corrected chi connectivity index (χ2v) is 11.6. The first-order valence-corrected chi connectivity index (χ1v) is 13.3. The van der Waals surface area contributed by atoms with Crippen molar-refractivity contribution in [1.82, 2.24) is 9.88 Å². The standard InChI is InChI=1S/C24H30ClN2O6P/c1-4-33-22(28)27-14-11-23(12-15-27,34(30,31-2)32-3)24(29)20-10-9-19(25)16-18(20)8-7-17-6-5-13-26-21(17)24/h5-6,9-10,13,16,29H,4,7-8,11-12,14-15H2,1-3H3. The second kappa shape index (κ2) is 9.59. The summed E-state index contributed by atoms with van der Waals surface area (Å²) in [5, 5.41) is 12.0. The molecule has 184 valence electrons. The molecule has 1 amide bonds. The van der Waals surface area contributed by atoms with Crippen molar-refractivity contribution in [2.75, 3.05) is 33.9 Å². The van der Waals surface area contributed by atoms with Gasteiger partial charge >= 0.3 is 13.7 Å². The Kier molecular flexibility index (Phi) is 7.09. The van der Waals surface area contributed by atoms with Crippen molar-refractivity contribution in [3.63, 3.8) is 0 Å². The SMILES string of the molecule is CCOC(=O)N1CCC(C2(O)c3ccc(Cl)cc3CCc3cccnc32)(P(=O)(OC)OC)CC1. The van der Waals surface area contributed by atoms with Crippen molar-refractivity contribution in [3.8, 4) is 0 Å². The minimum Gasteiger partial charge on any atom is -0.450 e. The number of likely N-dealkylation sites (tertiary alicyclic amines) is 1. The summed E-state index contributed by atoms with van der Waals surface area (Å²) in [7, 11) is -1.29. The highest BCUT2D eigenvalue weighted by molar-refractivity contribution is 7.55. The molecule has 8 nitrogen and oxygen atoms in total. The van der Waals surface area contributed by atoms with Crippen molar-refractivity contribution in [2.45, 2.75) is 43.4 Å². The van der Waals surface area contributed by atoms with Crippen LogP contribution < -0.4 is 0 Å². The third kappa shape index (κ3) is 3.76. The zero-order valence-corrected chi connectivity index (χ0v) is 21.3. The van der Waals surface area contributed by atoms with Gasteiger partial charge in [-0.2, -0.15) is 0 Å². The number of hydrogen-bond acceptors (Lipinski definition) is 7. The molecule has 1 saturated heterocycles. The lowest BCUT2D eigenvalue weighted by Gasteiger charge is -2.52. The lowest BCUT2D eigenvalue weighted by atomic mass is 9.71. The number of aromatic nitrogens is 1. The molecular formula is C24H30ClN2O6P. The maximum absolute atomic E-state index is 14.3. The topological polar surface area (TPSA) is 98.2 Å². The minimum absolute atomic E-state index is 0.152.